The minimum Gasteiger partial charge on any atom is -0.328 e. The summed E-state index contributed by atoms with van der Waals surface area (Å²) in [5.74, 6) is -0.152. The third kappa shape index (κ3) is 2.50. The predicted octanol–water partition coefficient (Wildman–Crippen LogP) is 2.80. The van der Waals surface area contributed by atoms with Crippen LogP contribution in [-0.2, 0) is 17.6 Å². The van der Waals surface area contributed by atoms with E-state index in [9.17, 15) is 4.79 Å². The normalized spacial score (nSPS) is 28.1. The zero-order valence-corrected chi connectivity index (χ0v) is 11.8. The third-order valence-electron chi connectivity index (χ3n) is 4.88. The minimum atomic E-state index is -0.152. The van der Waals surface area contributed by atoms with Crippen molar-refractivity contribution in [1.29, 1.82) is 0 Å². The zero-order valence-electron chi connectivity index (χ0n) is 11.8. The summed E-state index contributed by atoms with van der Waals surface area (Å²) in [6, 6.07) is 6.68. The Morgan fingerprint density at radius 1 is 1.30 bits per heavy atom. The van der Waals surface area contributed by atoms with Gasteiger partial charge in [0.25, 0.3) is 0 Å². The molecule has 0 bridgehead atoms. The molecule has 3 nitrogen and oxygen atoms in total. The van der Waals surface area contributed by atoms with Gasteiger partial charge in [-0.05, 0) is 73.3 Å². The van der Waals surface area contributed by atoms with Gasteiger partial charge in [-0.15, -0.1) is 0 Å². The van der Waals surface area contributed by atoms with Gasteiger partial charge >= 0.3 is 0 Å². The first kappa shape index (κ1) is 13.4. The van der Waals surface area contributed by atoms with Gasteiger partial charge in [-0.2, -0.15) is 0 Å². The number of hydrogen-bond donors (Lipinski definition) is 2. The summed E-state index contributed by atoms with van der Waals surface area (Å²) < 4.78 is 0. The summed E-state index contributed by atoms with van der Waals surface area (Å²) in [7, 11) is 0. The van der Waals surface area contributed by atoms with Crippen LogP contribution in [0.1, 0.15) is 36.8 Å². The molecule has 0 unspecified atom stereocenters. The lowest BCUT2D eigenvalue weighted by molar-refractivity contribution is -0.111. The van der Waals surface area contributed by atoms with Crippen molar-refractivity contribution in [3.63, 3.8) is 0 Å². The number of carbonyl (C=O) groups excluding carboxylic acids is 1. The molecule has 0 atom stereocenters. The van der Waals surface area contributed by atoms with Gasteiger partial charge in [0.1, 0.15) is 0 Å². The molecule has 0 radical (unpaired) electrons. The van der Waals surface area contributed by atoms with E-state index in [-0.39, 0.29) is 5.91 Å². The SMILES string of the molecule is C=CC(=O)Nc1ccc2c(c1)CC1(CCC(N)CC1)C2. The van der Waals surface area contributed by atoms with Gasteiger partial charge in [-0.1, -0.05) is 12.6 Å². The lowest BCUT2D eigenvalue weighted by atomic mass is 9.71. The lowest BCUT2D eigenvalue weighted by Gasteiger charge is -2.36. The number of anilines is 1. The second kappa shape index (κ2) is 5.06. The van der Waals surface area contributed by atoms with E-state index in [4.69, 9.17) is 5.73 Å². The maximum atomic E-state index is 11.4. The Kier molecular flexibility index (Phi) is 3.38. The topological polar surface area (TPSA) is 55.1 Å². The van der Waals surface area contributed by atoms with E-state index in [0.717, 1.165) is 24.9 Å². The van der Waals surface area contributed by atoms with Crippen LogP contribution in [0.15, 0.2) is 30.9 Å². The molecule has 0 aliphatic heterocycles. The Morgan fingerprint density at radius 3 is 2.70 bits per heavy atom. The standard InChI is InChI=1S/C17H22N2O/c1-2-16(20)19-15-4-3-12-10-17(11-13(12)9-15)7-5-14(18)6-8-17/h2-4,9,14H,1,5-8,10-11,18H2,(H,19,20). The highest BCUT2D eigenvalue weighted by Crippen LogP contribution is 2.47. The molecule has 1 saturated carbocycles. The van der Waals surface area contributed by atoms with Gasteiger partial charge in [0.2, 0.25) is 5.91 Å². The van der Waals surface area contributed by atoms with Gasteiger partial charge < -0.3 is 11.1 Å². The molecular weight excluding hydrogens is 248 g/mol. The Morgan fingerprint density at radius 2 is 2.00 bits per heavy atom. The van der Waals surface area contributed by atoms with Crippen molar-refractivity contribution in [2.24, 2.45) is 11.1 Å². The van der Waals surface area contributed by atoms with Crippen molar-refractivity contribution in [3.05, 3.63) is 42.0 Å². The van der Waals surface area contributed by atoms with E-state index in [1.165, 1.54) is 36.5 Å². The summed E-state index contributed by atoms with van der Waals surface area (Å²) in [5, 5.41) is 2.84. The highest BCUT2D eigenvalue weighted by atomic mass is 16.1. The molecule has 3 heteroatoms. The molecule has 3 N–H and O–H groups in total. The van der Waals surface area contributed by atoms with Crippen molar-refractivity contribution < 1.29 is 4.79 Å². The van der Waals surface area contributed by atoms with Crippen LogP contribution in [0.3, 0.4) is 0 Å². The van der Waals surface area contributed by atoms with Gasteiger partial charge in [0.15, 0.2) is 0 Å². The lowest BCUT2D eigenvalue weighted by Crippen LogP contribution is -2.34. The van der Waals surface area contributed by atoms with Crippen molar-refractivity contribution >= 4 is 11.6 Å². The molecular formula is C17H22N2O. The zero-order chi connectivity index (χ0) is 14.2. The maximum absolute atomic E-state index is 11.4. The highest BCUT2D eigenvalue weighted by molar-refractivity contribution is 5.98. The molecule has 3 rings (SSSR count). The fourth-order valence-electron chi connectivity index (χ4n) is 3.71. The molecule has 0 aromatic heterocycles. The van der Waals surface area contributed by atoms with Crippen LogP contribution in [0.25, 0.3) is 0 Å². The van der Waals surface area contributed by atoms with Crippen molar-refractivity contribution in [2.45, 2.75) is 44.6 Å². The number of benzene rings is 1. The summed E-state index contributed by atoms with van der Waals surface area (Å²) >= 11 is 0. The Hall–Kier alpha value is -1.61. The quantitative estimate of drug-likeness (QED) is 0.812. The molecule has 20 heavy (non-hydrogen) atoms. The molecule has 2 aliphatic rings. The first-order chi connectivity index (χ1) is 9.60. The fraction of sp³-hybridized carbons (Fsp3) is 0.471. The smallest absolute Gasteiger partial charge is 0.247 e. The van der Waals surface area contributed by atoms with E-state index >= 15 is 0 Å². The Bertz CT molecular complexity index is 542. The van der Waals surface area contributed by atoms with Crippen molar-refractivity contribution in [1.82, 2.24) is 0 Å². The number of carbonyl (C=O) groups is 1. The molecule has 1 fully saturated rings. The number of rotatable bonds is 2. The summed E-state index contributed by atoms with van der Waals surface area (Å²) in [4.78, 5) is 11.4. The largest absolute Gasteiger partial charge is 0.328 e. The van der Waals surface area contributed by atoms with E-state index < -0.39 is 0 Å². The van der Waals surface area contributed by atoms with Crippen molar-refractivity contribution in [3.8, 4) is 0 Å². The Labute approximate surface area is 120 Å². The van der Waals surface area contributed by atoms with E-state index in [2.05, 4.69) is 24.0 Å². The van der Waals surface area contributed by atoms with Crippen LogP contribution in [0, 0.1) is 5.41 Å². The first-order valence-corrected chi connectivity index (χ1v) is 7.41. The number of nitrogens with two attached hydrogens (primary N) is 1. The molecule has 2 aliphatic carbocycles. The Balaban J connectivity index is 1.76. The number of amides is 1. The van der Waals surface area contributed by atoms with E-state index in [1.807, 2.05) is 6.07 Å². The van der Waals surface area contributed by atoms with Gasteiger partial charge in [0, 0.05) is 11.7 Å². The number of hydrogen-bond acceptors (Lipinski definition) is 2. The van der Waals surface area contributed by atoms with Gasteiger partial charge in [-0.25, -0.2) is 0 Å². The summed E-state index contributed by atoms with van der Waals surface area (Å²) in [6.45, 7) is 3.48. The molecule has 1 aromatic rings. The predicted molar refractivity (Wildman–Crippen MR) is 81.6 cm³/mol. The van der Waals surface area contributed by atoms with Crippen LogP contribution in [0.2, 0.25) is 0 Å². The summed E-state index contributed by atoms with van der Waals surface area (Å²) in [5.41, 5.74) is 10.2. The van der Waals surface area contributed by atoms with E-state index in [0.29, 0.717) is 11.5 Å². The van der Waals surface area contributed by atoms with E-state index in [1.54, 1.807) is 0 Å². The monoisotopic (exact) mass is 270 g/mol. The third-order valence-corrected chi connectivity index (χ3v) is 4.88. The molecule has 0 heterocycles. The molecule has 1 aromatic carbocycles. The molecule has 1 amide bonds. The average Bonchev–Trinajstić information content (AvgIpc) is 2.80. The second-order valence-electron chi connectivity index (χ2n) is 6.37. The summed E-state index contributed by atoms with van der Waals surface area (Å²) in [6.07, 6.45) is 8.37. The number of fused-ring (bicyclic) bond motifs is 1. The van der Waals surface area contributed by atoms with Crippen LogP contribution in [-0.4, -0.2) is 11.9 Å². The van der Waals surface area contributed by atoms with Crippen LogP contribution >= 0.6 is 0 Å². The molecule has 1 spiro atoms. The van der Waals surface area contributed by atoms with Crippen LogP contribution in [0.5, 0.6) is 0 Å². The highest BCUT2D eigenvalue weighted by Gasteiger charge is 2.39. The fourth-order valence-corrected chi connectivity index (χ4v) is 3.71. The van der Waals surface area contributed by atoms with Gasteiger partial charge in [0.05, 0.1) is 0 Å². The first-order valence-electron chi connectivity index (χ1n) is 7.41. The molecule has 106 valence electrons. The molecule has 0 saturated heterocycles. The van der Waals surface area contributed by atoms with Crippen LogP contribution < -0.4 is 11.1 Å². The van der Waals surface area contributed by atoms with Crippen LogP contribution in [0.4, 0.5) is 5.69 Å². The number of nitrogens with one attached hydrogen (secondary N) is 1. The maximum Gasteiger partial charge on any atom is 0.247 e. The average molecular weight is 270 g/mol. The second-order valence-corrected chi connectivity index (χ2v) is 6.37. The minimum absolute atomic E-state index is 0.152. The van der Waals surface area contributed by atoms with Crippen molar-refractivity contribution in [2.75, 3.05) is 5.32 Å². The van der Waals surface area contributed by atoms with Gasteiger partial charge in [-0.3, -0.25) is 4.79 Å².